The molecule has 1 amide bonds. The van der Waals surface area contributed by atoms with Gasteiger partial charge in [0, 0.05) is 42.2 Å². The Labute approximate surface area is 189 Å². The molecular weight excluding hydrogens is 433 g/mol. The van der Waals surface area contributed by atoms with Crippen LogP contribution in [0.5, 0.6) is 0 Å². The highest BCUT2D eigenvalue weighted by atomic mass is 19.1. The molecule has 4 rings (SSSR count). The third-order valence-electron chi connectivity index (χ3n) is 6.17. The molecule has 0 bridgehead atoms. The number of amides is 1. The van der Waals surface area contributed by atoms with Crippen LogP contribution in [0, 0.1) is 29.8 Å². The second-order valence-electron chi connectivity index (χ2n) is 9.40. The molecule has 9 heteroatoms. The van der Waals surface area contributed by atoms with Crippen LogP contribution in [-0.4, -0.2) is 51.7 Å². The molecule has 1 fully saturated rings. The average Bonchev–Trinajstić information content (AvgIpc) is 2.73. The first-order chi connectivity index (χ1) is 15.5. The minimum absolute atomic E-state index is 0.0212. The van der Waals surface area contributed by atoms with Crippen molar-refractivity contribution in [3.05, 3.63) is 53.6 Å². The predicted octanol–water partition coefficient (Wildman–Crippen LogP) is 5.24. The fourth-order valence-electron chi connectivity index (χ4n) is 4.49. The van der Waals surface area contributed by atoms with E-state index in [1.807, 2.05) is 25.7 Å². The van der Waals surface area contributed by atoms with E-state index in [0.717, 1.165) is 12.1 Å². The third-order valence-corrected chi connectivity index (χ3v) is 6.17. The van der Waals surface area contributed by atoms with Gasteiger partial charge in [-0.05, 0) is 36.1 Å². The molecule has 1 aliphatic heterocycles. The van der Waals surface area contributed by atoms with Gasteiger partial charge < -0.3 is 14.9 Å². The monoisotopic (exact) mass is 458 g/mol. The summed E-state index contributed by atoms with van der Waals surface area (Å²) < 4.78 is 43.4. The first kappa shape index (κ1) is 22.8. The lowest BCUT2D eigenvalue weighted by Gasteiger charge is -2.46. The van der Waals surface area contributed by atoms with Gasteiger partial charge in [0.1, 0.15) is 29.3 Å². The van der Waals surface area contributed by atoms with Crippen molar-refractivity contribution in [2.45, 2.75) is 33.7 Å². The average molecular weight is 458 g/mol. The van der Waals surface area contributed by atoms with Crippen molar-refractivity contribution in [3.63, 3.8) is 0 Å². The molecule has 0 aliphatic carbocycles. The highest BCUT2D eigenvalue weighted by Gasteiger charge is 2.38. The Balaban J connectivity index is 1.82. The van der Waals surface area contributed by atoms with E-state index >= 15 is 4.39 Å². The van der Waals surface area contributed by atoms with Gasteiger partial charge in [0.05, 0.1) is 6.04 Å². The summed E-state index contributed by atoms with van der Waals surface area (Å²) in [6.07, 6.45) is 0.270. The Hall–Kier alpha value is -3.36. The Bertz CT molecular complexity index is 1240. The second-order valence-corrected chi connectivity index (χ2v) is 9.40. The maximum absolute atomic E-state index is 15.6. The van der Waals surface area contributed by atoms with Gasteiger partial charge in [0.2, 0.25) is 0 Å². The number of hydrogen-bond donors (Lipinski definition) is 1. The highest BCUT2D eigenvalue weighted by molar-refractivity contribution is 5.94. The number of rotatable bonds is 2. The maximum atomic E-state index is 15.6. The van der Waals surface area contributed by atoms with Crippen molar-refractivity contribution < 1.29 is 23.1 Å². The molecule has 33 heavy (non-hydrogen) atoms. The number of halogens is 3. The van der Waals surface area contributed by atoms with Gasteiger partial charge in [-0.1, -0.05) is 20.8 Å². The van der Waals surface area contributed by atoms with E-state index in [9.17, 15) is 18.7 Å². The number of nitrogens with zero attached hydrogens (tertiary/aromatic N) is 4. The van der Waals surface area contributed by atoms with Crippen LogP contribution in [0.15, 0.2) is 30.6 Å². The number of carboxylic acid groups (broad SMARTS) is 1. The van der Waals surface area contributed by atoms with Crippen LogP contribution in [0.3, 0.4) is 0 Å². The number of aryl methyl sites for hydroxylation is 1. The van der Waals surface area contributed by atoms with Gasteiger partial charge in [-0.25, -0.2) is 27.9 Å². The topological polar surface area (TPSA) is 69.6 Å². The molecule has 1 aromatic heterocycles. The Morgan fingerprint density at radius 3 is 2.48 bits per heavy atom. The Kier molecular flexibility index (Phi) is 5.67. The minimum Gasteiger partial charge on any atom is -0.465 e. The molecule has 1 aliphatic rings. The smallest absolute Gasteiger partial charge is 0.407 e. The molecule has 1 N–H and O–H groups in total. The highest BCUT2D eigenvalue weighted by Crippen LogP contribution is 2.37. The lowest BCUT2D eigenvalue weighted by Crippen LogP contribution is -2.59. The summed E-state index contributed by atoms with van der Waals surface area (Å²) in [4.78, 5) is 23.6. The van der Waals surface area contributed by atoms with Crippen molar-refractivity contribution in [2.75, 3.05) is 24.5 Å². The van der Waals surface area contributed by atoms with Crippen LogP contribution in [0.2, 0.25) is 0 Å². The zero-order chi connectivity index (χ0) is 24.1. The van der Waals surface area contributed by atoms with Crippen molar-refractivity contribution in [3.8, 4) is 11.1 Å². The lowest BCUT2D eigenvalue weighted by molar-refractivity contribution is 0.0747. The van der Waals surface area contributed by atoms with Crippen LogP contribution in [0.4, 0.5) is 23.8 Å². The SMILES string of the molecule is Cc1cc2c(N3CCN(C(=O)O)C(C(C)(C)C)C3)ncnc2c(F)c1-c1ccc(F)cc1F. The van der Waals surface area contributed by atoms with Crippen LogP contribution in [-0.2, 0) is 0 Å². The summed E-state index contributed by atoms with van der Waals surface area (Å²) in [5, 5.41) is 10.1. The fraction of sp³-hybridized carbons (Fsp3) is 0.375. The summed E-state index contributed by atoms with van der Waals surface area (Å²) in [5.74, 6) is -1.82. The van der Waals surface area contributed by atoms with E-state index < -0.39 is 23.5 Å². The van der Waals surface area contributed by atoms with Crippen molar-refractivity contribution in [1.29, 1.82) is 0 Å². The zero-order valence-electron chi connectivity index (χ0n) is 18.9. The Morgan fingerprint density at radius 1 is 1.12 bits per heavy atom. The molecule has 0 saturated carbocycles. The molecule has 2 aromatic carbocycles. The number of hydrogen-bond acceptors (Lipinski definition) is 4. The normalized spacial score (nSPS) is 17.0. The van der Waals surface area contributed by atoms with Gasteiger partial charge >= 0.3 is 6.09 Å². The largest absolute Gasteiger partial charge is 0.465 e. The lowest BCUT2D eigenvalue weighted by atomic mass is 9.84. The predicted molar refractivity (Wildman–Crippen MR) is 120 cm³/mol. The van der Waals surface area contributed by atoms with Gasteiger partial charge in [-0.15, -0.1) is 0 Å². The van der Waals surface area contributed by atoms with E-state index in [4.69, 9.17) is 0 Å². The number of piperazine rings is 1. The van der Waals surface area contributed by atoms with E-state index in [2.05, 4.69) is 9.97 Å². The maximum Gasteiger partial charge on any atom is 0.407 e. The Morgan fingerprint density at radius 2 is 1.85 bits per heavy atom. The summed E-state index contributed by atoms with van der Waals surface area (Å²) in [6, 6.07) is 4.41. The molecule has 0 spiro atoms. The standard InChI is InChI=1S/C24H25F3N4O2/c1-13-9-16-21(20(27)19(13)15-6-5-14(25)10-17(15)26)28-12-29-22(16)30-7-8-31(23(32)33)18(11-30)24(2,3)4/h5-6,9-10,12,18H,7-8,11H2,1-4H3,(H,32,33). The third kappa shape index (κ3) is 4.07. The van der Waals surface area contributed by atoms with Crippen LogP contribution >= 0.6 is 0 Å². The summed E-state index contributed by atoms with van der Waals surface area (Å²) in [6.45, 7) is 8.63. The van der Waals surface area contributed by atoms with Gasteiger partial charge in [-0.2, -0.15) is 0 Å². The van der Waals surface area contributed by atoms with E-state index in [0.29, 0.717) is 29.9 Å². The van der Waals surface area contributed by atoms with Crippen molar-refractivity contribution in [2.24, 2.45) is 5.41 Å². The molecular formula is C24H25F3N4O2. The van der Waals surface area contributed by atoms with E-state index in [1.165, 1.54) is 17.3 Å². The van der Waals surface area contributed by atoms with E-state index in [1.54, 1.807) is 13.0 Å². The zero-order valence-corrected chi connectivity index (χ0v) is 18.9. The first-order valence-electron chi connectivity index (χ1n) is 10.6. The first-order valence-corrected chi connectivity index (χ1v) is 10.6. The summed E-state index contributed by atoms with van der Waals surface area (Å²) in [7, 11) is 0. The quantitative estimate of drug-likeness (QED) is 0.569. The molecule has 0 radical (unpaired) electrons. The number of carbonyl (C=O) groups is 1. The number of benzene rings is 2. The summed E-state index contributed by atoms with van der Waals surface area (Å²) in [5.41, 5.74) is 0.133. The molecule has 2 heterocycles. The van der Waals surface area contributed by atoms with Crippen LogP contribution in [0.1, 0.15) is 26.3 Å². The molecule has 3 aromatic rings. The van der Waals surface area contributed by atoms with Crippen LogP contribution in [0.25, 0.3) is 22.0 Å². The van der Waals surface area contributed by atoms with Crippen molar-refractivity contribution >= 4 is 22.8 Å². The number of fused-ring (bicyclic) bond motifs is 1. The molecule has 1 atom stereocenters. The second kappa shape index (κ2) is 8.20. The molecule has 1 unspecified atom stereocenters. The number of anilines is 1. The van der Waals surface area contributed by atoms with Gasteiger partial charge in [0.25, 0.3) is 0 Å². The van der Waals surface area contributed by atoms with Crippen LogP contribution < -0.4 is 4.90 Å². The summed E-state index contributed by atoms with van der Waals surface area (Å²) >= 11 is 0. The minimum atomic E-state index is -0.977. The number of aromatic nitrogens is 2. The van der Waals surface area contributed by atoms with Gasteiger partial charge in [0.15, 0.2) is 5.82 Å². The molecule has 6 nitrogen and oxygen atoms in total. The molecule has 174 valence electrons. The van der Waals surface area contributed by atoms with Gasteiger partial charge in [-0.3, -0.25) is 0 Å². The van der Waals surface area contributed by atoms with Crippen molar-refractivity contribution in [1.82, 2.24) is 14.9 Å². The molecule has 1 saturated heterocycles. The van der Waals surface area contributed by atoms with E-state index in [-0.39, 0.29) is 34.6 Å². The fourth-order valence-corrected chi connectivity index (χ4v) is 4.49.